The minimum absolute atomic E-state index is 0. The van der Waals surface area contributed by atoms with E-state index in [1.165, 1.54) is 18.2 Å². The van der Waals surface area contributed by atoms with E-state index in [2.05, 4.69) is 0 Å². The molecule has 0 radical (unpaired) electrons. The van der Waals surface area contributed by atoms with Gasteiger partial charge in [0.1, 0.15) is 15.9 Å². The van der Waals surface area contributed by atoms with E-state index >= 15 is 0 Å². The Labute approximate surface area is 198 Å². The molecule has 0 bridgehead atoms. The zero-order valence-corrected chi connectivity index (χ0v) is 20.4. The summed E-state index contributed by atoms with van der Waals surface area (Å²) < 4.78 is 35.9. The quantitative estimate of drug-likeness (QED) is 0.581. The van der Waals surface area contributed by atoms with Gasteiger partial charge in [-0.2, -0.15) is 0 Å². The standard InChI is InChI=1S/C23H22O5S.Na/c1-13-11-20(24)15(3)9-18(13)23(19-10-16(4)21(25)12-14(19)2)17-7-5-6-8-22(17)29(26,27)28;/h5-12,24H,1-4H3,(H,26,27,28);/q;+1/p-1. The molecule has 0 unspecified atom stereocenters. The van der Waals surface area contributed by atoms with Crippen LogP contribution >= 0.6 is 0 Å². The van der Waals surface area contributed by atoms with Crippen molar-refractivity contribution in [1.29, 1.82) is 0 Å². The predicted molar refractivity (Wildman–Crippen MR) is 111 cm³/mol. The van der Waals surface area contributed by atoms with Crippen LogP contribution in [0.4, 0.5) is 0 Å². The second-order valence-corrected chi connectivity index (χ2v) is 8.56. The molecule has 2 aromatic carbocycles. The second-order valence-electron chi connectivity index (χ2n) is 7.21. The molecule has 0 aromatic heterocycles. The van der Waals surface area contributed by atoms with Crippen LogP contribution in [0.1, 0.15) is 36.1 Å². The third-order valence-electron chi connectivity index (χ3n) is 5.03. The van der Waals surface area contributed by atoms with E-state index in [0.29, 0.717) is 39.0 Å². The Balaban J connectivity index is 0.00000320. The normalized spacial score (nSPS) is 15.8. The Bertz CT molecular complexity index is 1230. The van der Waals surface area contributed by atoms with Gasteiger partial charge in [0.2, 0.25) is 0 Å². The number of aryl methyl sites for hydroxylation is 2. The van der Waals surface area contributed by atoms with Crippen LogP contribution in [0, 0.1) is 13.8 Å². The van der Waals surface area contributed by atoms with E-state index in [9.17, 15) is 22.9 Å². The SMILES string of the molecule is CC1=CC(=C(c2cc(C)c(O)cc2C)c2ccccc2S(=O)(=O)[O-])C(C)=CC1=O.[Na+]. The summed E-state index contributed by atoms with van der Waals surface area (Å²) in [7, 11) is -4.74. The minimum Gasteiger partial charge on any atom is -0.744 e. The van der Waals surface area contributed by atoms with Gasteiger partial charge in [0.15, 0.2) is 5.78 Å². The third kappa shape index (κ3) is 4.68. The maximum absolute atomic E-state index is 12.1. The topological polar surface area (TPSA) is 94.5 Å². The maximum Gasteiger partial charge on any atom is 1.00 e. The number of ketones is 1. The number of hydrogen-bond donors (Lipinski definition) is 1. The van der Waals surface area contributed by atoms with Crippen LogP contribution in [0.3, 0.4) is 0 Å². The molecule has 1 N–H and O–H groups in total. The molecule has 0 amide bonds. The van der Waals surface area contributed by atoms with Crippen LogP contribution in [0.2, 0.25) is 0 Å². The molecule has 150 valence electrons. The van der Waals surface area contributed by atoms with E-state index in [-0.39, 0.29) is 51.5 Å². The predicted octanol–water partition coefficient (Wildman–Crippen LogP) is 1.19. The van der Waals surface area contributed by atoms with E-state index < -0.39 is 10.1 Å². The molecule has 1 aliphatic carbocycles. The van der Waals surface area contributed by atoms with Gasteiger partial charge in [0, 0.05) is 5.56 Å². The summed E-state index contributed by atoms with van der Waals surface area (Å²) in [6, 6.07) is 9.39. The van der Waals surface area contributed by atoms with E-state index in [1.54, 1.807) is 58.0 Å². The van der Waals surface area contributed by atoms with Crippen LogP contribution in [0.5, 0.6) is 5.75 Å². The Morgan fingerprint density at radius 3 is 2.17 bits per heavy atom. The molecule has 0 saturated carbocycles. The van der Waals surface area contributed by atoms with Gasteiger partial charge in [-0.1, -0.05) is 18.2 Å². The first-order valence-electron chi connectivity index (χ1n) is 9.02. The van der Waals surface area contributed by atoms with E-state index in [0.717, 1.165) is 0 Å². The van der Waals surface area contributed by atoms with Gasteiger partial charge in [-0.25, -0.2) is 8.42 Å². The molecular weight excluding hydrogens is 411 g/mol. The smallest absolute Gasteiger partial charge is 0.744 e. The molecule has 0 heterocycles. The first kappa shape index (κ1) is 24.3. The van der Waals surface area contributed by atoms with Gasteiger partial charge in [0.25, 0.3) is 0 Å². The molecule has 2 aromatic rings. The molecule has 1 aliphatic rings. The summed E-state index contributed by atoms with van der Waals surface area (Å²) in [6.07, 6.45) is 3.21. The molecule has 3 rings (SSSR count). The average molecular weight is 432 g/mol. The molecule has 7 heteroatoms. The molecule has 0 saturated heterocycles. The fourth-order valence-corrected chi connectivity index (χ4v) is 4.14. The Kier molecular flexibility index (Phi) is 7.32. The van der Waals surface area contributed by atoms with Gasteiger partial charge in [0.05, 0.1) is 4.90 Å². The number of phenols is 1. The summed E-state index contributed by atoms with van der Waals surface area (Å²) in [5.74, 6) is 0.00656. The van der Waals surface area contributed by atoms with Crippen LogP contribution in [0.15, 0.2) is 70.2 Å². The third-order valence-corrected chi connectivity index (χ3v) is 5.92. The number of allylic oxidation sites excluding steroid dienone is 5. The van der Waals surface area contributed by atoms with Crippen molar-refractivity contribution in [2.24, 2.45) is 0 Å². The zero-order chi connectivity index (χ0) is 21.5. The molecule has 0 atom stereocenters. The summed E-state index contributed by atoms with van der Waals surface area (Å²) in [5, 5.41) is 10.1. The average Bonchev–Trinajstić information content (AvgIpc) is 2.63. The molecule has 5 nitrogen and oxygen atoms in total. The van der Waals surface area contributed by atoms with Gasteiger partial charge in [-0.15, -0.1) is 0 Å². The van der Waals surface area contributed by atoms with Gasteiger partial charge < -0.3 is 9.66 Å². The van der Waals surface area contributed by atoms with Crippen molar-refractivity contribution in [2.45, 2.75) is 32.6 Å². The van der Waals surface area contributed by atoms with Crippen molar-refractivity contribution in [1.82, 2.24) is 0 Å². The van der Waals surface area contributed by atoms with Crippen molar-refractivity contribution in [2.75, 3.05) is 0 Å². The van der Waals surface area contributed by atoms with Gasteiger partial charge >= 0.3 is 29.6 Å². The Hall–Kier alpha value is -1.96. The van der Waals surface area contributed by atoms with Crippen molar-refractivity contribution >= 4 is 21.5 Å². The number of benzene rings is 2. The second kappa shape index (κ2) is 9.04. The summed E-state index contributed by atoms with van der Waals surface area (Å²) in [4.78, 5) is 11.8. The van der Waals surface area contributed by atoms with Crippen molar-refractivity contribution in [3.05, 3.63) is 87.5 Å². The monoisotopic (exact) mass is 432 g/mol. The Morgan fingerprint density at radius 2 is 1.53 bits per heavy atom. The van der Waals surface area contributed by atoms with Gasteiger partial charge in [-0.05, 0) is 97.0 Å². The summed E-state index contributed by atoms with van der Waals surface area (Å²) >= 11 is 0. The molecule has 0 spiro atoms. The number of phenolic OH excluding ortho intramolecular Hbond substituents is 1. The molecule has 0 aliphatic heterocycles. The number of rotatable bonds is 3. The maximum atomic E-state index is 12.1. The van der Waals surface area contributed by atoms with E-state index in [1.807, 2.05) is 0 Å². The molecular formula is C23H21NaO5S. The van der Waals surface area contributed by atoms with Crippen LogP contribution < -0.4 is 29.6 Å². The first-order chi connectivity index (χ1) is 13.5. The molecule has 0 fully saturated rings. The summed E-state index contributed by atoms with van der Waals surface area (Å²) in [6.45, 7) is 7.00. The van der Waals surface area contributed by atoms with Crippen LogP contribution in [-0.4, -0.2) is 23.9 Å². The number of carbonyl (C=O) groups is 1. The number of aromatic hydroxyl groups is 1. The molecule has 30 heavy (non-hydrogen) atoms. The van der Waals surface area contributed by atoms with Crippen LogP contribution in [0.25, 0.3) is 5.57 Å². The first-order valence-corrected chi connectivity index (χ1v) is 10.4. The minimum atomic E-state index is -4.74. The fourth-order valence-electron chi connectivity index (χ4n) is 3.46. The fraction of sp³-hybridized carbons (Fsp3) is 0.174. The van der Waals surface area contributed by atoms with Crippen LogP contribution in [-0.2, 0) is 14.9 Å². The van der Waals surface area contributed by atoms with Gasteiger partial charge in [-0.3, -0.25) is 4.79 Å². The largest absolute Gasteiger partial charge is 1.00 e. The van der Waals surface area contributed by atoms with Crippen molar-refractivity contribution in [3.8, 4) is 5.75 Å². The van der Waals surface area contributed by atoms with Crippen molar-refractivity contribution in [3.63, 3.8) is 0 Å². The van der Waals surface area contributed by atoms with E-state index in [4.69, 9.17) is 0 Å². The van der Waals surface area contributed by atoms with Crippen molar-refractivity contribution < 1.29 is 52.4 Å². The summed E-state index contributed by atoms with van der Waals surface area (Å²) in [5.41, 5.74) is 4.63. The zero-order valence-electron chi connectivity index (χ0n) is 17.6. The number of carbonyl (C=O) groups excluding carboxylic acids is 1. The number of hydrogen-bond acceptors (Lipinski definition) is 5. The Morgan fingerprint density at radius 1 is 0.900 bits per heavy atom.